The van der Waals surface area contributed by atoms with Crippen molar-refractivity contribution in [1.29, 1.82) is 0 Å². The molecule has 0 aromatic carbocycles. The summed E-state index contributed by atoms with van der Waals surface area (Å²) >= 11 is 0. The number of nitrogen functional groups attached to an aromatic ring is 1. The van der Waals surface area contributed by atoms with Crippen molar-refractivity contribution in [1.82, 2.24) is 19.9 Å². The smallest absolute Gasteiger partial charge is 0.216 e. The van der Waals surface area contributed by atoms with Crippen LogP contribution in [0.3, 0.4) is 0 Å². The first kappa shape index (κ1) is 13.2. The Balaban J connectivity index is 2.40. The van der Waals surface area contributed by atoms with Crippen LogP contribution in [0.1, 0.15) is 19.5 Å². The predicted molar refractivity (Wildman–Crippen MR) is 72.6 cm³/mol. The molecular weight excluding hydrogens is 242 g/mol. The highest BCUT2D eigenvalue weighted by Gasteiger charge is 2.09. The summed E-state index contributed by atoms with van der Waals surface area (Å²) < 4.78 is 5.06. The molecular formula is C13H17N5O. The summed E-state index contributed by atoms with van der Waals surface area (Å²) in [4.78, 5) is 16.8. The van der Waals surface area contributed by atoms with Crippen LogP contribution in [-0.4, -0.2) is 27.0 Å². The Labute approximate surface area is 112 Å². The van der Waals surface area contributed by atoms with Gasteiger partial charge in [0.15, 0.2) is 5.82 Å². The Bertz CT molecular complexity index is 571. The third-order valence-electron chi connectivity index (χ3n) is 2.50. The summed E-state index contributed by atoms with van der Waals surface area (Å²) in [6.07, 6.45) is 2.27. The Morgan fingerprint density at radius 2 is 2.00 bits per heavy atom. The Morgan fingerprint density at radius 1 is 1.21 bits per heavy atom. The van der Waals surface area contributed by atoms with Gasteiger partial charge in [0.2, 0.25) is 5.88 Å². The summed E-state index contributed by atoms with van der Waals surface area (Å²) in [5.41, 5.74) is 7.33. The van der Waals surface area contributed by atoms with E-state index in [9.17, 15) is 0 Å². The van der Waals surface area contributed by atoms with Gasteiger partial charge in [-0.05, 0) is 12.3 Å². The van der Waals surface area contributed by atoms with Gasteiger partial charge >= 0.3 is 0 Å². The Morgan fingerprint density at radius 3 is 2.68 bits per heavy atom. The maximum Gasteiger partial charge on any atom is 0.216 e. The zero-order valence-electron chi connectivity index (χ0n) is 11.3. The van der Waals surface area contributed by atoms with E-state index >= 15 is 0 Å². The van der Waals surface area contributed by atoms with E-state index in [0.29, 0.717) is 29.1 Å². The fraction of sp³-hybridized carbons (Fsp3) is 0.385. The molecule has 0 spiro atoms. The molecule has 0 aliphatic carbocycles. The van der Waals surface area contributed by atoms with Crippen LogP contribution in [0.25, 0.3) is 11.5 Å². The van der Waals surface area contributed by atoms with Gasteiger partial charge in [0.25, 0.3) is 0 Å². The number of methoxy groups -OCH3 is 1. The van der Waals surface area contributed by atoms with Gasteiger partial charge in [-0.15, -0.1) is 0 Å². The molecule has 2 N–H and O–H groups in total. The van der Waals surface area contributed by atoms with Crippen LogP contribution < -0.4 is 10.5 Å². The molecule has 19 heavy (non-hydrogen) atoms. The molecule has 2 aromatic rings. The lowest BCUT2D eigenvalue weighted by molar-refractivity contribution is 0.397. The second-order valence-corrected chi connectivity index (χ2v) is 4.65. The first-order valence-corrected chi connectivity index (χ1v) is 6.08. The van der Waals surface area contributed by atoms with Crippen LogP contribution in [0.2, 0.25) is 0 Å². The molecule has 0 bridgehead atoms. The van der Waals surface area contributed by atoms with Gasteiger partial charge in [-0.25, -0.2) is 19.9 Å². The summed E-state index contributed by atoms with van der Waals surface area (Å²) in [5.74, 6) is 1.91. The van der Waals surface area contributed by atoms with Crippen molar-refractivity contribution in [3.8, 4) is 17.4 Å². The fourth-order valence-electron chi connectivity index (χ4n) is 1.73. The standard InChI is InChI=1S/C13H17N5O/c1-8(2)4-9-5-11(14)18-13(17-9)10-6-12(19-3)16-7-15-10/h5-8H,4H2,1-3H3,(H2,14,17,18). The molecule has 2 rings (SSSR count). The highest BCUT2D eigenvalue weighted by molar-refractivity contribution is 5.53. The van der Waals surface area contributed by atoms with E-state index in [0.717, 1.165) is 12.1 Å². The van der Waals surface area contributed by atoms with Crippen molar-refractivity contribution >= 4 is 5.82 Å². The molecule has 0 amide bonds. The van der Waals surface area contributed by atoms with E-state index in [1.165, 1.54) is 6.33 Å². The fourth-order valence-corrected chi connectivity index (χ4v) is 1.73. The maximum atomic E-state index is 5.82. The highest BCUT2D eigenvalue weighted by atomic mass is 16.5. The highest BCUT2D eigenvalue weighted by Crippen LogP contribution is 2.18. The van der Waals surface area contributed by atoms with Crippen LogP contribution in [0.15, 0.2) is 18.5 Å². The largest absolute Gasteiger partial charge is 0.481 e. The molecule has 0 saturated carbocycles. The number of hydrogen-bond donors (Lipinski definition) is 1. The van der Waals surface area contributed by atoms with Crippen molar-refractivity contribution in [3.05, 3.63) is 24.2 Å². The van der Waals surface area contributed by atoms with Gasteiger partial charge in [0.1, 0.15) is 17.8 Å². The summed E-state index contributed by atoms with van der Waals surface area (Å²) in [5, 5.41) is 0. The van der Waals surface area contributed by atoms with Crippen molar-refractivity contribution in [2.45, 2.75) is 20.3 Å². The third kappa shape index (κ3) is 3.37. The van der Waals surface area contributed by atoms with Crippen LogP contribution in [0, 0.1) is 5.92 Å². The quantitative estimate of drug-likeness (QED) is 0.899. The molecule has 0 saturated heterocycles. The average Bonchev–Trinajstić information content (AvgIpc) is 2.37. The lowest BCUT2D eigenvalue weighted by Crippen LogP contribution is -2.04. The monoisotopic (exact) mass is 259 g/mol. The van der Waals surface area contributed by atoms with Crippen molar-refractivity contribution in [3.63, 3.8) is 0 Å². The van der Waals surface area contributed by atoms with E-state index in [1.807, 2.05) is 0 Å². The first-order chi connectivity index (χ1) is 9.08. The van der Waals surface area contributed by atoms with Gasteiger partial charge in [-0.1, -0.05) is 13.8 Å². The number of hydrogen-bond acceptors (Lipinski definition) is 6. The molecule has 0 aliphatic heterocycles. The third-order valence-corrected chi connectivity index (χ3v) is 2.50. The minimum atomic E-state index is 0.443. The summed E-state index contributed by atoms with van der Waals surface area (Å²) in [7, 11) is 1.55. The molecule has 0 unspecified atom stereocenters. The number of rotatable bonds is 4. The van der Waals surface area contributed by atoms with Gasteiger partial charge in [0, 0.05) is 17.8 Å². The predicted octanol–water partition coefficient (Wildman–Crippen LogP) is 1.72. The van der Waals surface area contributed by atoms with Crippen LogP contribution >= 0.6 is 0 Å². The molecule has 0 atom stereocenters. The van der Waals surface area contributed by atoms with Gasteiger partial charge in [0.05, 0.1) is 7.11 Å². The van der Waals surface area contributed by atoms with Crippen molar-refractivity contribution < 1.29 is 4.74 Å². The van der Waals surface area contributed by atoms with Gasteiger partial charge < -0.3 is 10.5 Å². The van der Waals surface area contributed by atoms with E-state index in [-0.39, 0.29) is 0 Å². The van der Waals surface area contributed by atoms with Crippen LogP contribution in [-0.2, 0) is 6.42 Å². The SMILES string of the molecule is COc1cc(-c2nc(N)cc(CC(C)C)n2)ncn1. The average molecular weight is 259 g/mol. The molecule has 0 aliphatic rings. The second-order valence-electron chi connectivity index (χ2n) is 4.65. The van der Waals surface area contributed by atoms with E-state index in [2.05, 4.69) is 33.8 Å². The first-order valence-electron chi connectivity index (χ1n) is 6.08. The number of anilines is 1. The minimum Gasteiger partial charge on any atom is -0.481 e. The Kier molecular flexibility index (Phi) is 3.89. The van der Waals surface area contributed by atoms with Crippen LogP contribution in [0.4, 0.5) is 5.82 Å². The van der Waals surface area contributed by atoms with Crippen molar-refractivity contribution in [2.75, 3.05) is 12.8 Å². The molecule has 0 radical (unpaired) electrons. The Hall–Kier alpha value is -2.24. The number of aromatic nitrogens is 4. The normalized spacial score (nSPS) is 10.7. The maximum absolute atomic E-state index is 5.82. The molecule has 6 heteroatoms. The second kappa shape index (κ2) is 5.60. The van der Waals surface area contributed by atoms with E-state index < -0.39 is 0 Å². The van der Waals surface area contributed by atoms with Crippen molar-refractivity contribution in [2.24, 2.45) is 5.92 Å². The summed E-state index contributed by atoms with van der Waals surface area (Å²) in [6.45, 7) is 4.26. The molecule has 100 valence electrons. The topological polar surface area (TPSA) is 86.8 Å². The van der Waals surface area contributed by atoms with Crippen LogP contribution in [0.5, 0.6) is 5.88 Å². The van der Waals surface area contributed by atoms with E-state index in [4.69, 9.17) is 10.5 Å². The molecule has 6 nitrogen and oxygen atoms in total. The van der Waals surface area contributed by atoms with Gasteiger partial charge in [-0.3, -0.25) is 0 Å². The zero-order valence-corrected chi connectivity index (χ0v) is 11.3. The molecule has 2 aromatic heterocycles. The van der Waals surface area contributed by atoms with E-state index in [1.54, 1.807) is 19.2 Å². The van der Waals surface area contributed by atoms with Gasteiger partial charge in [-0.2, -0.15) is 0 Å². The number of ether oxygens (including phenoxy) is 1. The lowest BCUT2D eigenvalue weighted by atomic mass is 10.1. The zero-order chi connectivity index (χ0) is 13.8. The number of nitrogens with two attached hydrogens (primary N) is 1. The number of nitrogens with zero attached hydrogens (tertiary/aromatic N) is 4. The minimum absolute atomic E-state index is 0.443. The summed E-state index contributed by atoms with van der Waals surface area (Å²) in [6, 6.07) is 3.48. The molecule has 0 fully saturated rings. The lowest BCUT2D eigenvalue weighted by Gasteiger charge is -2.07. The molecule has 2 heterocycles.